The second-order valence-electron chi connectivity index (χ2n) is 8.54. The fourth-order valence-electron chi connectivity index (χ4n) is 4.61. The van der Waals surface area contributed by atoms with Crippen LogP contribution < -0.4 is 20.3 Å². The van der Waals surface area contributed by atoms with Crippen LogP contribution in [0.5, 0.6) is 5.75 Å². The van der Waals surface area contributed by atoms with Gasteiger partial charge in [-0.3, -0.25) is 9.78 Å². The molecule has 1 saturated heterocycles. The summed E-state index contributed by atoms with van der Waals surface area (Å²) >= 11 is 5.83. The molecule has 0 saturated carbocycles. The quantitative estimate of drug-likeness (QED) is 0.315. The Hall–Kier alpha value is -4.24. The van der Waals surface area contributed by atoms with Crippen molar-refractivity contribution in [2.24, 2.45) is 0 Å². The molecule has 1 aliphatic heterocycles. The summed E-state index contributed by atoms with van der Waals surface area (Å²) in [7, 11) is 1.55. The highest BCUT2D eigenvalue weighted by Gasteiger charge is 2.42. The average Bonchev–Trinajstić information content (AvgIpc) is 3.53. The van der Waals surface area contributed by atoms with E-state index in [1.165, 1.54) is 6.07 Å². The van der Waals surface area contributed by atoms with E-state index in [-0.39, 0.29) is 23.8 Å². The number of hydrogen-bond donors (Lipinski definition) is 2. The molecular weight excluding hydrogens is 489 g/mol. The number of pyridine rings is 1. The lowest BCUT2D eigenvalue weighted by Gasteiger charge is -2.29. The summed E-state index contributed by atoms with van der Waals surface area (Å²) < 4.78 is 22.3. The van der Waals surface area contributed by atoms with Crippen molar-refractivity contribution in [3.63, 3.8) is 0 Å². The van der Waals surface area contributed by atoms with Gasteiger partial charge in [-0.2, -0.15) is 0 Å². The fraction of sp³-hybridized carbons (Fsp3) is 0.179. The molecule has 5 rings (SSSR count). The van der Waals surface area contributed by atoms with Gasteiger partial charge < -0.3 is 24.8 Å². The fourth-order valence-corrected chi connectivity index (χ4v) is 4.95. The van der Waals surface area contributed by atoms with E-state index in [0.717, 1.165) is 17.1 Å². The number of benzene rings is 2. The second-order valence-corrected chi connectivity index (χ2v) is 8.92. The first-order valence-electron chi connectivity index (χ1n) is 11.9. The first-order chi connectivity index (χ1) is 18.0. The molecular formula is C28H26FN5O2S. The zero-order valence-corrected chi connectivity index (χ0v) is 21.2. The zero-order valence-electron chi connectivity index (χ0n) is 20.4. The van der Waals surface area contributed by atoms with Gasteiger partial charge in [-0.05, 0) is 60.7 Å². The van der Waals surface area contributed by atoms with E-state index >= 15 is 0 Å². The molecule has 1 amide bonds. The van der Waals surface area contributed by atoms with Gasteiger partial charge in [0.05, 0.1) is 30.2 Å². The highest BCUT2D eigenvalue weighted by atomic mass is 32.1. The Labute approximate surface area is 219 Å². The third kappa shape index (κ3) is 4.65. The molecule has 2 aromatic heterocycles. The number of rotatable bonds is 7. The number of anilines is 2. The molecule has 188 valence electrons. The predicted octanol–water partition coefficient (Wildman–Crippen LogP) is 5.55. The van der Waals surface area contributed by atoms with Crippen LogP contribution in [0.25, 0.3) is 5.69 Å². The Morgan fingerprint density at radius 3 is 2.68 bits per heavy atom. The van der Waals surface area contributed by atoms with Gasteiger partial charge in [-0.15, -0.1) is 0 Å². The molecule has 0 aliphatic carbocycles. The first-order valence-corrected chi connectivity index (χ1v) is 12.3. The van der Waals surface area contributed by atoms with Gasteiger partial charge in [-0.1, -0.05) is 25.1 Å². The number of carbonyl (C=O) groups excluding carboxylic acids is 1. The van der Waals surface area contributed by atoms with E-state index in [2.05, 4.69) is 15.6 Å². The molecule has 37 heavy (non-hydrogen) atoms. The number of hydrogen-bond acceptors (Lipinski definition) is 4. The van der Waals surface area contributed by atoms with Crippen LogP contribution in [0.15, 0.2) is 85.2 Å². The van der Waals surface area contributed by atoms with Gasteiger partial charge in [-0.25, -0.2) is 4.39 Å². The second kappa shape index (κ2) is 10.4. The third-order valence-electron chi connectivity index (χ3n) is 6.35. The van der Waals surface area contributed by atoms with Gasteiger partial charge in [0.2, 0.25) is 5.91 Å². The summed E-state index contributed by atoms with van der Waals surface area (Å²) in [5.74, 6) is 0.0685. The number of para-hydroxylation sites is 1. The minimum Gasteiger partial charge on any atom is -0.494 e. The maximum absolute atomic E-state index is 14.9. The lowest BCUT2D eigenvalue weighted by atomic mass is 10.0. The summed E-state index contributed by atoms with van der Waals surface area (Å²) in [6, 6.07) is 21.1. The largest absolute Gasteiger partial charge is 0.494 e. The Balaban J connectivity index is 1.64. The van der Waals surface area contributed by atoms with Crippen LogP contribution in [0.2, 0.25) is 0 Å². The minimum absolute atomic E-state index is 0.111. The van der Waals surface area contributed by atoms with Crippen molar-refractivity contribution in [3.8, 4) is 11.4 Å². The summed E-state index contributed by atoms with van der Waals surface area (Å²) in [6.45, 7) is 1.79. The van der Waals surface area contributed by atoms with Crippen LogP contribution in [-0.2, 0) is 4.79 Å². The molecule has 1 aliphatic rings. The standard InChI is InChI=1S/C28H26FN5O2S/c1-3-25(35)31-20-14-13-18(17-24(20)36-2)34-27(26(32-28(34)37)21-10-6-7-15-30-21)23-12-8-16-33(23)22-11-5-4-9-19(22)29/h4-17,26-27H,3H2,1-2H3,(H,31,35)(H,32,37)/t26-,27-/m0/s1. The van der Waals surface area contributed by atoms with Gasteiger partial charge in [0.15, 0.2) is 5.11 Å². The molecule has 7 nitrogen and oxygen atoms in total. The van der Waals surface area contributed by atoms with Crippen LogP contribution in [0, 0.1) is 5.82 Å². The van der Waals surface area contributed by atoms with Crippen molar-refractivity contribution < 1.29 is 13.9 Å². The van der Waals surface area contributed by atoms with Crippen molar-refractivity contribution >= 4 is 34.6 Å². The van der Waals surface area contributed by atoms with E-state index in [9.17, 15) is 9.18 Å². The first kappa shape index (κ1) is 24.5. The highest BCUT2D eigenvalue weighted by Crippen LogP contribution is 2.44. The van der Waals surface area contributed by atoms with Crippen LogP contribution in [-0.4, -0.2) is 27.7 Å². The summed E-state index contributed by atoms with van der Waals surface area (Å²) in [5.41, 5.74) is 3.40. The number of halogens is 1. The molecule has 1 fully saturated rings. The number of methoxy groups -OCH3 is 1. The molecule has 4 aromatic rings. The van der Waals surface area contributed by atoms with Crippen LogP contribution in [0.3, 0.4) is 0 Å². The summed E-state index contributed by atoms with van der Waals surface area (Å²) in [6.07, 6.45) is 3.93. The predicted molar refractivity (Wildman–Crippen MR) is 146 cm³/mol. The van der Waals surface area contributed by atoms with Gasteiger partial charge in [0.1, 0.15) is 17.6 Å². The lowest BCUT2D eigenvalue weighted by molar-refractivity contribution is -0.115. The van der Waals surface area contributed by atoms with Crippen LogP contribution in [0.4, 0.5) is 15.8 Å². The maximum Gasteiger partial charge on any atom is 0.224 e. The number of carbonyl (C=O) groups is 1. The molecule has 9 heteroatoms. The summed E-state index contributed by atoms with van der Waals surface area (Å²) in [5, 5.41) is 6.78. The minimum atomic E-state index is -0.363. The highest BCUT2D eigenvalue weighted by molar-refractivity contribution is 7.80. The Morgan fingerprint density at radius 2 is 1.95 bits per heavy atom. The van der Waals surface area contributed by atoms with Gasteiger partial charge in [0, 0.05) is 36.3 Å². The topological polar surface area (TPSA) is 71.4 Å². The molecule has 0 bridgehead atoms. The smallest absolute Gasteiger partial charge is 0.224 e. The number of nitrogens with one attached hydrogen (secondary N) is 2. The molecule has 0 spiro atoms. The molecule has 0 radical (unpaired) electrons. The third-order valence-corrected chi connectivity index (χ3v) is 6.67. The van der Waals surface area contributed by atoms with Crippen molar-refractivity contribution in [1.82, 2.24) is 14.9 Å². The van der Waals surface area contributed by atoms with E-state index in [4.69, 9.17) is 17.0 Å². The average molecular weight is 516 g/mol. The number of amides is 1. The van der Waals surface area contributed by atoms with Crippen LogP contribution >= 0.6 is 12.2 Å². The number of ether oxygens (including phenoxy) is 1. The van der Waals surface area contributed by atoms with Gasteiger partial charge >= 0.3 is 0 Å². The van der Waals surface area contributed by atoms with Crippen LogP contribution in [0.1, 0.15) is 36.8 Å². The van der Waals surface area contributed by atoms with E-state index < -0.39 is 0 Å². The monoisotopic (exact) mass is 515 g/mol. The number of nitrogens with zero attached hydrogens (tertiary/aromatic N) is 3. The zero-order chi connectivity index (χ0) is 25.9. The molecule has 2 aromatic carbocycles. The van der Waals surface area contributed by atoms with Crippen molar-refractivity contribution in [3.05, 3.63) is 102 Å². The van der Waals surface area contributed by atoms with E-state index in [1.54, 1.807) is 38.4 Å². The normalized spacial score (nSPS) is 16.9. The van der Waals surface area contributed by atoms with E-state index in [0.29, 0.717) is 28.7 Å². The van der Waals surface area contributed by atoms with E-state index in [1.807, 2.05) is 64.2 Å². The lowest BCUT2D eigenvalue weighted by Crippen LogP contribution is -2.30. The molecule has 2 N–H and O–H groups in total. The van der Waals surface area contributed by atoms with Crippen molar-refractivity contribution in [2.45, 2.75) is 25.4 Å². The molecule has 3 heterocycles. The SMILES string of the molecule is CCC(=O)Nc1ccc(N2C(=S)N[C@@H](c3ccccn3)[C@@H]2c2cccn2-c2ccccc2F)cc1OC. The molecule has 0 unspecified atom stereocenters. The number of aromatic nitrogens is 2. The Bertz CT molecular complexity index is 1440. The summed E-state index contributed by atoms with van der Waals surface area (Å²) in [4.78, 5) is 18.6. The van der Waals surface area contributed by atoms with Gasteiger partial charge in [0.25, 0.3) is 0 Å². The molecule has 2 atom stereocenters. The van der Waals surface area contributed by atoms with Crippen molar-refractivity contribution in [2.75, 3.05) is 17.3 Å². The number of thiocarbonyl (C=S) groups is 1. The maximum atomic E-state index is 14.9. The Morgan fingerprint density at radius 1 is 1.14 bits per heavy atom. The van der Waals surface area contributed by atoms with Crippen molar-refractivity contribution in [1.29, 1.82) is 0 Å². The Kier molecular flexibility index (Phi) is 6.87.